The van der Waals surface area contributed by atoms with E-state index in [4.69, 9.17) is 10.5 Å². The van der Waals surface area contributed by atoms with E-state index in [1.54, 1.807) is 12.1 Å². The van der Waals surface area contributed by atoms with Crippen LogP contribution in [0.2, 0.25) is 0 Å². The number of anilines is 3. The minimum atomic E-state index is -0.806. The number of aromatic nitrogens is 1. The summed E-state index contributed by atoms with van der Waals surface area (Å²) in [5, 5.41) is 6.08. The van der Waals surface area contributed by atoms with Crippen LogP contribution in [0.5, 0.6) is 11.5 Å². The maximum atomic E-state index is 14.4. The van der Waals surface area contributed by atoms with Gasteiger partial charge in [-0.3, -0.25) is 14.2 Å². The van der Waals surface area contributed by atoms with Gasteiger partial charge >= 0.3 is 0 Å². The number of nitrogens with one attached hydrogen (secondary N) is 2. The highest BCUT2D eigenvalue weighted by atomic mass is 127. The number of primary amides is 1. The number of carbonyl (C=O) groups is 1. The lowest BCUT2D eigenvalue weighted by Crippen LogP contribution is -2.25. The summed E-state index contributed by atoms with van der Waals surface area (Å²) in [6.07, 6.45) is 0.751. The molecule has 3 aromatic rings. The summed E-state index contributed by atoms with van der Waals surface area (Å²) in [5.41, 5.74) is 7.15. The Balaban J connectivity index is 1.83. The van der Waals surface area contributed by atoms with Crippen LogP contribution in [0.1, 0.15) is 15.9 Å². The van der Waals surface area contributed by atoms with Gasteiger partial charge in [0.25, 0.3) is 11.5 Å². The molecule has 0 radical (unpaired) electrons. The molecule has 30 heavy (non-hydrogen) atoms. The molecule has 2 aromatic carbocycles. The largest absolute Gasteiger partial charge is 0.456 e. The van der Waals surface area contributed by atoms with Crippen molar-refractivity contribution < 1.29 is 13.9 Å². The van der Waals surface area contributed by atoms with Crippen molar-refractivity contribution in [1.82, 2.24) is 4.57 Å². The molecule has 1 amide bonds. The zero-order valence-electron chi connectivity index (χ0n) is 16.0. The van der Waals surface area contributed by atoms with Gasteiger partial charge in [-0.2, -0.15) is 0 Å². The number of hydrogen-bond acceptors (Lipinski definition) is 5. The standard InChI is InChI=1S/C21H18FIN4O3/c1-27-18(28)10-17(30-16-4-2-3-14-12(16)7-8-25-14)19(20(24)29)21(27)26-15-6-5-11(23)9-13(15)22/h2-6,9-10,25-26H,7-8H2,1H3,(H2,24,29). The molecule has 9 heteroatoms. The van der Waals surface area contributed by atoms with E-state index in [9.17, 15) is 14.0 Å². The molecule has 0 aliphatic carbocycles. The van der Waals surface area contributed by atoms with E-state index in [-0.39, 0.29) is 22.8 Å². The van der Waals surface area contributed by atoms with E-state index >= 15 is 0 Å². The van der Waals surface area contributed by atoms with E-state index in [1.165, 1.54) is 29.8 Å². The van der Waals surface area contributed by atoms with Gasteiger partial charge in [-0.15, -0.1) is 0 Å². The lowest BCUT2D eigenvalue weighted by Gasteiger charge is -2.19. The second-order valence-corrected chi connectivity index (χ2v) is 8.05. The number of hydrogen-bond donors (Lipinski definition) is 3. The van der Waals surface area contributed by atoms with Crippen molar-refractivity contribution in [2.45, 2.75) is 6.42 Å². The Morgan fingerprint density at radius 3 is 2.80 bits per heavy atom. The zero-order valence-corrected chi connectivity index (χ0v) is 18.1. The third kappa shape index (κ3) is 3.72. The van der Waals surface area contributed by atoms with Crippen LogP contribution in [0.3, 0.4) is 0 Å². The molecule has 0 fully saturated rings. The first-order valence-electron chi connectivity index (χ1n) is 9.14. The zero-order chi connectivity index (χ0) is 21.4. The molecule has 0 bridgehead atoms. The minimum Gasteiger partial charge on any atom is -0.456 e. The van der Waals surface area contributed by atoms with Gasteiger partial charge in [0.2, 0.25) is 0 Å². The second-order valence-electron chi connectivity index (χ2n) is 6.80. The first-order valence-corrected chi connectivity index (χ1v) is 10.2. The van der Waals surface area contributed by atoms with Crippen molar-refractivity contribution in [2.75, 3.05) is 17.2 Å². The summed E-state index contributed by atoms with van der Waals surface area (Å²) >= 11 is 1.99. The van der Waals surface area contributed by atoms with E-state index in [0.717, 1.165) is 24.2 Å². The summed E-state index contributed by atoms with van der Waals surface area (Å²) in [6, 6.07) is 11.3. The third-order valence-corrected chi connectivity index (χ3v) is 5.55. The molecule has 0 atom stereocenters. The van der Waals surface area contributed by atoms with Crippen LogP contribution < -0.4 is 26.7 Å². The quantitative estimate of drug-likeness (QED) is 0.446. The van der Waals surface area contributed by atoms with Crippen LogP contribution in [-0.2, 0) is 13.5 Å². The molecule has 2 heterocycles. The molecule has 1 aliphatic rings. The number of ether oxygens (including phenoxy) is 1. The molecular weight excluding hydrogens is 502 g/mol. The van der Waals surface area contributed by atoms with Crippen LogP contribution in [0, 0.1) is 9.39 Å². The van der Waals surface area contributed by atoms with Gasteiger partial charge in [-0.25, -0.2) is 4.39 Å². The molecule has 1 aromatic heterocycles. The Kier molecular flexibility index (Phi) is 5.37. The van der Waals surface area contributed by atoms with Crippen molar-refractivity contribution in [3.63, 3.8) is 0 Å². The van der Waals surface area contributed by atoms with E-state index in [1.807, 2.05) is 34.7 Å². The minimum absolute atomic E-state index is 0.0133. The fourth-order valence-corrected chi connectivity index (χ4v) is 3.84. The maximum absolute atomic E-state index is 14.4. The molecule has 0 saturated carbocycles. The molecule has 7 nitrogen and oxygen atoms in total. The van der Waals surface area contributed by atoms with Crippen LogP contribution in [-0.4, -0.2) is 17.0 Å². The van der Waals surface area contributed by atoms with Gasteiger partial charge in [-0.05, 0) is 59.3 Å². The molecule has 154 valence electrons. The summed E-state index contributed by atoms with van der Waals surface area (Å²) in [5.74, 6) is -0.738. The summed E-state index contributed by atoms with van der Waals surface area (Å²) in [4.78, 5) is 24.9. The van der Waals surface area contributed by atoms with Gasteiger partial charge in [0.1, 0.15) is 28.7 Å². The van der Waals surface area contributed by atoms with Crippen LogP contribution in [0.15, 0.2) is 47.3 Å². The smallest absolute Gasteiger partial charge is 0.256 e. The van der Waals surface area contributed by atoms with Crippen molar-refractivity contribution in [2.24, 2.45) is 12.8 Å². The molecule has 0 unspecified atom stereocenters. The third-order valence-electron chi connectivity index (χ3n) is 4.88. The number of amides is 1. The Labute approximate surface area is 185 Å². The van der Waals surface area contributed by atoms with Crippen molar-refractivity contribution in [3.05, 3.63) is 73.3 Å². The number of carbonyl (C=O) groups excluding carboxylic acids is 1. The molecule has 0 saturated heterocycles. The Bertz CT molecular complexity index is 1230. The molecule has 4 rings (SSSR count). The van der Waals surface area contributed by atoms with Crippen molar-refractivity contribution in [3.8, 4) is 11.5 Å². The first kappa shape index (κ1) is 20.2. The van der Waals surface area contributed by atoms with Gasteiger partial charge in [0, 0.05) is 34.5 Å². The lowest BCUT2D eigenvalue weighted by atomic mass is 10.1. The highest BCUT2D eigenvalue weighted by molar-refractivity contribution is 14.1. The number of nitrogens with two attached hydrogens (primary N) is 1. The first-order chi connectivity index (χ1) is 14.3. The molecule has 0 spiro atoms. The van der Waals surface area contributed by atoms with Crippen LogP contribution in [0.25, 0.3) is 0 Å². The van der Waals surface area contributed by atoms with E-state index < -0.39 is 17.3 Å². The molecule has 1 aliphatic heterocycles. The average Bonchev–Trinajstić information content (AvgIpc) is 3.17. The Hall–Kier alpha value is -3.08. The SMILES string of the molecule is Cn1c(Nc2ccc(I)cc2F)c(C(N)=O)c(Oc2cccc3c2CCN3)cc1=O. The van der Waals surface area contributed by atoms with Crippen molar-refractivity contribution in [1.29, 1.82) is 0 Å². The number of fused-ring (bicyclic) bond motifs is 1. The van der Waals surface area contributed by atoms with E-state index in [2.05, 4.69) is 10.6 Å². The average molecular weight is 520 g/mol. The number of halogens is 2. The Morgan fingerprint density at radius 2 is 2.07 bits per heavy atom. The van der Waals surface area contributed by atoms with Crippen molar-refractivity contribution >= 4 is 45.7 Å². The fourth-order valence-electron chi connectivity index (χ4n) is 3.38. The second kappa shape index (κ2) is 7.98. The van der Waals surface area contributed by atoms with E-state index in [0.29, 0.717) is 9.32 Å². The van der Waals surface area contributed by atoms with Crippen LogP contribution in [0.4, 0.5) is 21.6 Å². The predicted molar refractivity (Wildman–Crippen MR) is 121 cm³/mol. The highest BCUT2D eigenvalue weighted by Gasteiger charge is 2.23. The Morgan fingerprint density at radius 1 is 1.27 bits per heavy atom. The summed E-state index contributed by atoms with van der Waals surface area (Å²) in [7, 11) is 1.47. The topological polar surface area (TPSA) is 98.4 Å². The number of benzene rings is 2. The maximum Gasteiger partial charge on any atom is 0.256 e. The highest BCUT2D eigenvalue weighted by Crippen LogP contribution is 2.36. The summed E-state index contributed by atoms with van der Waals surface area (Å²) in [6.45, 7) is 0.772. The fraction of sp³-hybridized carbons (Fsp3) is 0.143. The van der Waals surface area contributed by atoms with Crippen LogP contribution >= 0.6 is 22.6 Å². The molecular formula is C21H18FIN4O3. The number of rotatable bonds is 5. The van der Waals surface area contributed by atoms with Gasteiger partial charge in [-0.1, -0.05) is 6.07 Å². The predicted octanol–water partition coefficient (Wildman–Crippen LogP) is 3.73. The lowest BCUT2D eigenvalue weighted by molar-refractivity contribution is 0.0998. The molecule has 4 N–H and O–H groups in total. The number of nitrogens with zero attached hydrogens (tertiary/aromatic N) is 1. The van der Waals surface area contributed by atoms with Gasteiger partial charge < -0.3 is 21.1 Å². The van der Waals surface area contributed by atoms with Gasteiger partial charge in [0.05, 0.1) is 5.69 Å². The summed E-state index contributed by atoms with van der Waals surface area (Å²) < 4.78 is 22.3. The number of pyridine rings is 1. The monoisotopic (exact) mass is 520 g/mol. The normalized spacial score (nSPS) is 12.2. The van der Waals surface area contributed by atoms with Gasteiger partial charge in [0.15, 0.2) is 0 Å².